The van der Waals surface area contributed by atoms with E-state index in [2.05, 4.69) is 18.8 Å². The number of halogens is 1. The van der Waals surface area contributed by atoms with E-state index in [9.17, 15) is 0 Å². The quantitative estimate of drug-likeness (QED) is 0.553. The number of hydrogen-bond acceptors (Lipinski definition) is 2. The lowest BCUT2D eigenvalue weighted by Gasteiger charge is -2.11. The molecule has 2 nitrogen and oxygen atoms in total. The second-order valence-corrected chi connectivity index (χ2v) is 2.82. The molecule has 0 radical (unpaired) electrons. The van der Waals surface area contributed by atoms with Gasteiger partial charge in [-0.25, -0.2) is 4.99 Å². The minimum Gasteiger partial charge on any atom is -0.464 e. The van der Waals surface area contributed by atoms with E-state index in [-0.39, 0.29) is 6.10 Å². The zero-order valence-corrected chi connectivity index (χ0v) is 6.35. The van der Waals surface area contributed by atoms with Crippen molar-refractivity contribution in [2.24, 2.45) is 10.9 Å². The molecular formula is C6H10ClNO. The van der Waals surface area contributed by atoms with Crippen molar-refractivity contribution < 1.29 is 4.74 Å². The molecule has 0 amide bonds. The molecule has 0 aromatic carbocycles. The Kier molecular flexibility index (Phi) is 1.96. The maximum atomic E-state index is 5.48. The number of aliphatic imine (C=N–C) groups is 1. The van der Waals surface area contributed by atoms with E-state index in [1.807, 2.05) is 0 Å². The van der Waals surface area contributed by atoms with Crippen LogP contribution < -0.4 is 0 Å². The Labute approximate surface area is 59.9 Å². The molecule has 0 aromatic rings. The Bertz CT molecular complexity index is 133. The van der Waals surface area contributed by atoms with Crippen LogP contribution in [-0.4, -0.2) is 18.0 Å². The van der Waals surface area contributed by atoms with E-state index in [0.717, 1.165) is 6.54 Å². The first-order valence-corrected chi connectivity index (χ1v) is 3.44. The second kappa shape index (κ2) is 2.56. The van der Waals surface area contributed by atoms with E-state index in [4.69, 9.17) is 16.3 Å². The molecule has 52 valence electrons. The third-order valence-corrected chi connectivity index (χ3v) is 1.60. The van der Waals surface area contributed by atoms with Crippen LogP contribution in [0.1, 0.15) is 13.8 Å². The largest absolute Gasteiger partial charge is 0.464 e. The topological polar surface area (TPSA) is 21.6 Å². The van der Waals surface area contributed by atoms with Gasteiger partial charge in [0.15, 0.2) is 0 Å². The van der Waals surface area contributed by atoms with Gasteiger partial charge in [-0.2, -0.15) is 0 Å². The maximum absolute atomic E-state index is 5.48. The van der Waals surface area contributed by atoms with Crippen LogP contribution in [0.15, 0.2) is 4.99 Å². The fraction of sp³-hybridized carbons (Fsp3) is 0.833. The summed E-state index contributed by atoms with van der Waals surface area (Å²) in [6, 6.07) is 0. The smallest absolute Gasteiger partial charge is 0.282 e. The van der Waals surface area contributed by atoms with Crippen molar-refractivity contribution in [1.82, 2.24) is 0 Å². The van der Waals surface area contributed by atoms with Gasteiger partial charge in [-0.15, -0.1) is 0 Å². The van der Waals surface area contributed by atoms with Crippen molar-refractivity contribution in [3.8, 4) is 0 Å². The summed E-state index contributed by atoms with van der Waals surface area (Å²) in [5, 5.41) is 0.314. The van der Waals surface area contributed by atoms with Crippen molar-refractivity contribution >= 4 is 17.0 Å². The average molecular weight is 148 g/mol. The molecule has 1 aliphatic heterocycles. The molecule has 0 aromatic heterocycles. The highest BCUT2D eigenvalue weighted by Crippen LogP contribution is 2.14. The second-order valence-electron chi connectivity index (χ2n) is 2.49. The van der Waals surface area contributed by atoms with Crippen LogP contribution in [0.4, 0.5) is 0 Å². The third kappa shape index (κ3) is 1.58. The predicted molar refractivity (Wildman–Crippen MR) is 37.9 cm³/mol. The fourth-order valence-corrected chi connectivity index (χ4v) is 0.892. The van der Waals surface area contributed by atoms with Gasteiger partial charge in [0.1, 0.15) is 6.10 Å². The third-order valence-electron chi connectivity index (χ3n) is 1.39. The Balaban J connectivity index is 2.37. The lowest BCUT2D eigenvalue weighted by atomic mass is 10.1. The lowest BCUT2D eigenvalue weighted by Crippen LogP contribution is -2.18. The number of ether oxygens (including phenoxy) is 1. The molecule has 0 fully saturated rings. The summed E-state index contributed by atoms with van der Waals surface area (Å²) in [6.45, 7) is 4.90. The van der Waals surface area contributed by atoms with E-state index < -0.39 is 0 Å². The molecule has 1 unspecified atom stereocenters. The minimum atomic E-state index is 0.206. The van der Waals surface area contributed by atoms with Crippen LogP contribution in [-0.2, 0) is 4.74 Å². The van der Waals surface area contributed by atoms with Crippen molar-refractivity contribution in [2.45, 2.75) is 20.0 Å². The van der Waals surface area contributed by atoms with E-state index in [1.54, 1.807) is 0 Å². The highest BCUT2D eigenvalue weighted by atomic mass is 35.5. The van der Waals surface area contributed by atoms with Gasteiger partial charge in [0, 0.05) is 0 Å². The first-order chi connectivity index (χ1) is 4.20. The van der Waals surface area contributed by atoms with Gasteiger partial charge in [-0.05, 0) is 17.5 Å². The van der Waals surface area contributed by atoms with Crippen LogP contribution in [0.2, 0.25) is 0 Å². The molecule has 1 atom stereocenters. The van der Waals surface area contributed by atoms with E-state index >= 15 is 0 Å². The molecule has 1 heterocycles. The first-order valence-electron chi connectivity index (χ1n) is 3.06. The summed E-state index contributed by atoms with van der Waals surface area (Å²) < 4.78 is 5.14. The van der Waals surface area contributed by atoms with Crippen LogP contribution in [0.5, 0.6) is 0 Å². The van der Waals surface area contributed by atoms with Gasteiger partial charge in [0.05, 0.1) is 6.54 Å². The molecule has 9 heavy (non-hydrogen) atoms. The standard InChI is InChI=1S/C6H10ClNO/c1-4(2)5-3-8-6(7)9-5/h4-5H,3H2,1-2H3. The van der Waals surface area contributed by atoms with Crippen LogP contribution >= 0.6 is 11.6 Å². The highest BCUT2D eigenvalue weighted by molar-refractivity contribution is 6.63. The van der Waals surface area contributed by atoms with Crippen LogP contribution in [0.25, 0.3) is 0 Å². The molecule has 0 bridgehead atoms. The van der Waals surface area contributed by atoms with Crippen molar-refractivity contribution in [1.29, 1.82) is 0 Å². The average Bonchev–Trinajstić information content (AvgIpc) is 2.14. The molecule has 1 aliphatic rings. The zero-order chi connectivity index (χ0) is 6.85. The monoisotopic (exact) mass is 147 g/mol. The summed E-state index contributed by atoms with van der Waals surface area (Å²) in [7, 11) is 0. The van der Waals surface area contributed by atoms with Crippen molar-refractivity contribution in [2.75, 3.05) is 6.54 Å². The Morgan fingerprint density at radius 2 is 2.44 bits per heavy atom. The molecule has 3 heteroatoms. The van der Waals surface area contributed by atoms with Crippen LogP contribution in [0, 0.1) is 5.92 Å². The molecular weight excluding hydrogens is 138 g/mol. The van der Waals surface area contributed by atoms with Gasteiger partial charge in [-0.3, -0.25) is 0 Å². The Hall–Kier alpha value is -0.240. The van der Waals surface area contributed by atoms with Crippen molar-refractivity contribution in [3.05, 3.63) is 0 Å². The molecule has 0 spiro atoms. The van der Waals surface area contributed by atoms with Crippen molar-refractivity contribution in [3.63, 3.8) is 0 Å². The van der Waals surface area contributed by atoms with E-state index in [1.165, 1.54) is 0 Å². The van der Waals surface area contributed by atoms with Crippen LogP contribution in [0.3, 0.4) is 0 Å². The van der Waals surface area contributed by atoms with E-state index in [0.29, 0.717) is 11.3 Å². The number of hydrogen-bond donors (Lipinski definition) is 0. The Morgan fingerprint density at radius 1 is 1.78 bits per heavy atom. The van der Waals surface area contributed by atoms with Gasteiger partial charge in [-0.1, -0.05) is 13.8 Å². The minimum absolute atomic E-state index is 0.206. The highest BCUT2D eigenvalue weighted by Gasteiger charge is 2.20. The van der Waals surface area contributed by atoms with Gasteiger partial charge in [0.2, 0.25) is 0 Å². The number of rotatable bonds is 1. The summed E-state index contributed by atoms with van der Waals surface area (Å²) in [5.74, 6) is 0.505. The normalized spacial score (nSPS) is 26.2. The number of nitrogens with zero attached hydrogens (tertiary/aromatic N) is 1. The molecule has 0 aliphatic carbocycles. The molecule has 1 rings (SSSR count). The zero-order valence-electron chi connectivity index (χ0n) is 5.60. The van der Waals surface area contributed by atoms with Gasteiger partial charge < -0.3 is 4.74 Å². The summed E-state index contributed by atoms with van der Waals surface area (Å²) in [4.78, 5) is 3.90. The summed E-state index contributed by atoms with van der Waals surface area (Å²) in [6.07, 6.45) is 0.206. The first kappa shape index (κ1) is 6.87. The SMILES string of the molecule is CC(C)C1CN=C(Cl)O1. The van der Waals surface area contributed by atoms with Gasteiger partial charge in [0.25, 0.3) is 5.36 Å². The summed E-state index contributed by atoms with van der Waals surface area (Å²) >= 11 is 5.48. The lowest BCUT2D eigenvalue weighted by molar-refractivity contribution is 0.175. The molecule has 0 saturated carbocycles. The maximum Gasteiger partial charge on any atom is 0.282 e. The van der Waals surface area contributed by atoms with Gasteiger partial charge >= 0.3 is 0 Å². The molecule has 0 saturated heterocycles. The Morgan fingerprint density at radius 3 is 2.67 bits per heavy atom. The molecule has 0 N–H and O–H groups in total. The predicted octanol–water partition coefficient (Wildman–Crippen LogP) is 1.64. The fourth-order valence-electron chi connectivity index (χ4n) is 0.708. The summed E-state index contributed by atoms with van der Waals surface area (Å²) in [5.41, 5.74) is 0.